The zero-order chi connectivity index (χ0) is 12.7. The summed E-state index contributed by atoms with van der Waals surface area (Å²) < 4.78 is 9.47. The van der Waals surface area contributed by atoms with E-state index in [0.717, 1.165) is 5.69 Å². The summed E-state index contributed by atoms with van der Waals surface area (Å²) in [6.07, 6.45) is 2.42. The third kappa shape index (κ3) is 5.14. The van der Waals surface area contributed by atoms with Gasteiger partial charge in [-0.2, -0.15) is 0 Å². The Morgan fingerprint density at radius 2 is 2.24 bits per heavy atom. The molecule has 1 amide bonds. The minimum atomic E-state index is -0.382. The first-order chi connectivity index (χ1) is 8.11. The molecule has 1 rings (SSSR count). The molecule has 0 aliphatic rings. The van der Waals surface area contributed by atoms with Crippen molar-refractivity contribution in [3.05, 3.63) is 17.8 Å². The van der Waals surface area contributed by atoms with E-state index >= 15 is 0 Å². The molecule has 0 atom stereocenters. The first kappa shape index (κ1) is 13.2. The van der Waals surface area contributed by atoms with Gasteiger partial charge < -0.3 is 14.5 Å². The minimum Gasteiger partial charge on any atom is -0.469 e. The fourth-order valence-corrected chi connectivity index (χ4v) is 1.26. The van der Waals surface area contributed by atoms with Crippen LogP contribution < -0.4 is 5.32 Å². The van der Waals surface area contributed by atoms with Gasteiger partial charge in [0.2, 0.25) is 5.91 Å². The fraction of sp³-hybridized carbons (Fsp3) is 0.545. The number of esters is 1. The predicted octanol–water partition coefficient (Wildman–Crippen LogP) is 0.595. The van der Waals surface area contributed by atoms with Gasteiger partial charge in [0.15, 0.2) is 5.89 Å². The minimum absolute atomic E-state index is 0.103. The number of oxazole rings is 1. The Morgan fingerprint density at radius 1 is 1.47 bits per heavy atom. The van der Waals surface area contributed by atoms with E-state index < -0.39 is 0 Å². The maximum atomic E-state index is 11.3. The first-order valence-electron chi connectivity index (χ1n) is 5.36. The van der Waals surface area contributed by atoms with Gasteiger partial charge in [0, 0.05) is 26.3 Å². The number of carbonyl (C=O) groups excluding carboxylic acids is 2. The van der Waals surface area contributed by atoms with Crippen molar-refractivity contribution in [3.8, 4) is 0 Å². The molecular formula is C11H16N2O4. The van der Waals surface area contributed by atoms with Crippen LogP contribution in [0.5, 0.6) is 0 Å². The molecule has 0 fully saturated rings. The average molecular weight is 240 g/mol. The highest BCUT2D eigenvalue weighted by Crippen LogP contribution is 2.00. The van der Waals surface area contributed by atoms with E-state index in [-0.39, 0.29) is 24.7 Å². The number of methoxy groups -OCH3 is 1. The molecule has 1 heterocycles. The topological polar surface area (TPSA) is 81.4 Å². The second-order valence-electron chi connectivity index (χ2n) is 3.53. The van der Waals surface area contributed by atoms with Crippen LogP contribution in [-0.2, 0) is 20.7 Å². The highest BCUT2D eigenvalue weighted by atomic mass is 16.5. The van der Waals surface area contributed by atoms with Gasteiger partial charge in [-0.25, -0.2) is 4.98 Å². The Balaban J connectivity index is 2.14. The van der Waals surface area contributed by atoms with Gasteiger partial charge in [-0.05, 0) is 0 Å². The zero-order valence-electron chi connectivity index (χ0n) is 9.99. The van der Waals surface area contributed by atoms with Crippen LogP contribution in [0.3, 0.4) is 0 Å². The van der Waals surface area contributed by atoms with E-state index in [0.29, 0.717) is 18.9 Å². The van der Waals surface area contributed by atoms with Crippen molar-refractivity contribution in [3.63, 3.8) is 0 Å². The van der Waals surface area contributed by atoms with Crippen molar-refractivity contribution in [2.24, 2.45) is 0 Å². The van der Waals surface area contributed by atoms with Crippen LogP contribution in [0.2, 0.25) is 0 Å². The van der Waals surface area contributed by atoms with Gasteiger partial charge in [0.1, 0.15) is 6.26 Å². The maximum absolute atomic E-state index is 11.3. The molecule has 0 saturated heterocycles. The number of aromatic nitrogens is 1. The summed E-state index contributed by atoms with van der Waals surface area (Å²) in [6.45, 7) is 2.24. The number of carbonyl (C=O) groups is 2. The third-order valence-electron chi connectivity index (χ3n) is 2.15. The van der Waals surface area contributed by atoms with Crippen molar-refractivity contribution < 1.29 is 18.7 Å². The van der Waals surface area contributed by atoms with Crippen molar-refractivity contribution >= 4 is 11.9 Å². The number of nitrogens with zero attached hydrogens (tertiary/aromatic N) is 1. The number of hydrogen-bond acceptors (Lipinski definition) is 5. The second-order valence-corrected chi connectivity index (χ2v) is 3.53. The molecule has 0 aliphatic carbocycles. The molecule has 0 aliphatic heterocycles. The zero-order valence-corrected chi connectivity index (χ0v) is 9.99. The van der Waals surface area contributed by atoms with Crippen molar-refractivity contribution in [2.45, 2.75) is 26.2 Å². The Labute approximate surface area is 99.4 Å². The van der Waals surface area contributed by atoms with E-state index in [1.54, 1.807) is 13.2 Å². The largest absolute Gasteiger partial charge is 0.469 e. The molecule has 6 heteroatoms. The normalized spacial score (nSPS) is 10.0. The fourth-order valence-electron chi connectivity index (χ4n) is 1.26. The van der Waals surface area contributed by atoms with E-state index in [1.807, 2.05) is 0 Å². The summed E-state index contributed by atoms with van der Waals surface area (Å²) in [7, 11) is 1.30. The molecular weight excluding hydrogens is 224 g/mol. The number of nitrogens with one attached hydrogen (secondary N) is 1. The molecule has 0 spiro atoms. The Hall–Kier alpha value is -1.85. The lowest BCUT2D eigenvalue weighted by molar-refractivity contribution is -0.142. The lowest BCUT2D eigenvalue weighted by atomic mass is 10.3. The molecule has 94 valence electrons. The summed E-state index contributed by atoms with van der Waals surface area (Å²) in [4.78, 5) is 26.2. The van der Waals surface area contributed by atoms with Gasteiger partial charge in [-0.1, -0.05) is 0 Å². The van der Waals surface area contributed by atoms with E-state index in [2.05, 4.69) is 15.0 Å². The third-order valence-corrected chi connectivity index (χ3v) is 2.15. The molecule has 0 aromatic carbocycles. The van der Waals surface area contributed by atoms with E-state index in [9.17, 15) is 9.59 Å². The van der Waals surface area contributed by atoms with Crippen LogP contribution in [-0.4, -0.2) is 30.5 Å². The summed E-state index contributed by atoms with van der Waals surface area (Å²) in [5, 5.41) is 2.69. The second kappa shape index (κ2) is 6.67. The van der Waals surface area contributed by atoms with Gasteiger partial charge in [-0.3, -0.25) is 9.59 Å². The molecule has 17 heavy (non-hydrogen) atoms. The maximum Gasteiger partial charge on any atom is 0.306 e. The van der Waals surface area contributed by atoms with Crippen LogP contribution in [0, 0.1) is 6.92 Å². The number of ether oxygens (including phenoxy) is 1. The summed E-state index contributed by atoms with van der Waals surface area (Å²) >= 11 is 0. The SMILES string of the molecule is COC(=O)CCC(=O)NCCc1coc(C)n1. The van der Waals surface area contributed by atoms with E-state index in [4.69, 9.17) is 4.42 Å². The first-order valence-corrected chi connectivity index (χ1v) is 5.36. The standard InChI is InChI=1S/C11H16N2O4/c1-8-13-9(7-17-8)5-6-12-10(14)3-4-11(15)16-2/h7H,3-6H2,1-2H3,(H,12,14). The average Bonchev–Trinajstić information content (AvgIpc) is 2.72. The summed E-state index contributed by atoms with van der Waals surface area (Å²) in [6, 6.07) is 0. The number of rotatable bonds is 6. The van der Waals surface area contributed by atoms with Gasteiger partial charge in [-0.15, -0.1) is 0 Å². The molecule has 0 radical (unpaired) electrons. The van der Waals surface area contributed by atoms with Gasteiger partial charge >= 0.3 is 5.97 Å². The van der Waals surface area contributed by atoms with Crippen LogP contribution >= 0.6 is 0 Å². The number of amides is 1. The van der Waals surface area contributed by atoms with Crippen molar-refractivity contribution in [1.82, 2.24) is 10.3 Å². The van der Waals surface area contributed by atoms with Crippen molar-refractivity contribution in [1.29, 1.82) is 0 Å². The van der Waals surface area contributed by atoms with Crippen LogP contribution in [0.1, 0.15) is 24.4 Å². The predicted molar refractivity (Wildman–Crippen MR) is 59.2 cm³/mol. The Kier molecular flexibility index (Phi) is 5.19. The van der Waals surface area contributed by atoms with Crippen LogP contribution in [0.15, 0.2) is 10.7 Å². The smallest absolute Gasteiger partial charge is 0.306 e. The Morgan fingerprint density at radius 3 is 2.82 bits per heavy atom. The summed E-state index contributed by atoms with van der Waals surface area (Å²) in [5.41, 5.74) is 0.802. The monoisotopic (exact) mass is 240 g/mol. The molecule has 1 aromatic rings. The molecule has 0 unspecified atom stereocenters. The summed E-state index contributed by atoms with van der Waals surface area (Å²) in [5.74, 6) is 0.0555. The lowest BCUT2D eigenvalue weighted by Crippen LogP contribution is -2.26. The van der Waals surface area contributed by atoms with E-state index in [1.165, 1.54) is 7.11 Å². The quantitative estimate of drug-likeness (QED) is 0.736. The lowest BCUT2D eigenvalue weighted by Gasteiger charge is -2.02. The Bertz CT molecular complexity index is 387. The highest BCUT2D eigenvalue weighted by molar-refractivity contribution is 5.81. The molecule has 0 saturated carbocycles. The molecule has 1 N–H and O–H groups in total. The van der Waals surface area contributed by atoms with Crippen LogP contribution in [0.4, 0.5) is 0 Å². The van der Waals surface area contributed by atoms with Crippen molar-refractivity contribution in [2.75, 3.05) is 13.7 Å². The number of aryl methyl sites for hydroxylation is 1. The molecule has 1 aromatic heterocycles. The number of hydrogen-bond donors (Lipinski definition) is 1. The molecule has 6 nitrogen and oxygen atoms in total. The van der Waals surface area contributed by atoms with Crippen LogP contribution in [0.25, 0.3) is 0 Å². The van der Waals surface area contributed by atoms with Gasteiger partial charge in [0.25, 0.3) is 0 Å². The highest BCUT2D eigenvalue weighted by Gasteiger charge is 2.06. The van der Waals surface area contributed by atoms with Gasteiger partial charge in [0.05, 0.1) is 19.2 Å². The molecule has 0 bridgehead atoms.